The van der Waals surface area contributed by atoms with E-state index in [0.29, 0.717) is 22.3 Å². The van der Waals surface area contributed by atoms with Gasteiger partial charge in [0.25, 0.3) is 0 Å². The van der Waals surface area contributed by atoms with Gasteiger partial charge in [-0.15, -0.1) is 0 Å². The summed E-state index contributed by atoms with van der Waals surface area (Å²) in [6, 6.07) is 3.83. The maximum Gasteiger partial charge on any atom is 0.178 e. The van der Waals surface area contributed by atoms with E-state index in [9.17, 15) is 4.39 Å². The predicted molar refractivity (Wildman–Crippen MR) is 73.9 cm³/mol. The Labute approximate surface area is 111 Å². The molecule has 2 nitrogen and oxygen atoms in total. The molecule has 0 saturated heterocycles. The second-order valence-electron chi connectivity index (χ2n) is 5.35. The second kappa shape index (κ2) is 4.19. The Balaban J connectivity index is 2.18. The molecule has 0 radical (unpaired) electrons. The molecule has 1 atom stereocenters. The molecule has 1 saturated carbocycles. The van der Waals surface area contributed by atoms with Gasteiger partial charge < -0.3 is 9.55 Å². The first kappa shape index (κ1) is 11.9. The number of aromatic amines is 1. The van der Waals surface area contributed by atoms with E-state index in [2.05, 4.69) is 16.5 Å². The molecule has 2 aromatic rings. The first-order valence-corrected chi connectivity index (χ1v) is 6.89. The molecule has 1 aromatic heterocycles. The number of halogens is 1. The fraction of sp³-hybridized carbons (Fsp3) is 0.500. The summed E-state index contributed by atoms with van der Waals surface area (Å²) >= 11 is 5.39. The lowest BCUT2D eigenvalue weighted by Gasteiger charge is -2.32. The van der Waals surface area contributed by atoms with Crippen molar-refractivity contribution in [3.05, 3.63) is 28.3 Å². The van der Waals surface area contributed by atoms with E-state index < -0.39 is 0 Å². The molecule has 0 aliphatic heterocycles. The van der Waals surface area contributed by atoms with Gasteiger partial charge in [0.05, 0.1) is 11.0 Å². The van der Waals surface area contributed by atoms with Crippen LogP contribution in [-0.4, -0.2) is 9.55 Å². The minimum Gasteiger partial charge on any atom is -0.330 e. The van der Waals surface area contributed by atoms with Crippen molar-refractivity contribution < 1.29 is 4.39 Å². The number of imidazole rings is 1. The van der Waals surface area contributed by atoms with Crippen LogP contribution < -0.4 is 0 Å². The van der Waals surface area contributed by atoms with E-state index >= 15 is 0 Å². The molecule has 3 rings (SSSR count). The highest BCUT2D eigenvalue weighted by molar-refractivity contribution is 7.71. The quantitative estimate of drug-likeness (QED) is 0.792. The van der Waals surface area contributed by atoms with Crippen LogP contribution in [0.4, 0.5) is 4.39 Å². The van der Waals surface area contributed by atoms with E-state index in [4.69, 9.17) is 12.2 Å². The van der Waals surface area contributed by atoms with Crippen LogP contribution in [0.25, 0.3) is 11.0 Å². The van der Waals surface area contributed by atoms with Crippen LogP contribution >= 0.6 is 12.2 Å². The van der Waals surface area contributed by atoms with Crippen molar-refractivity contribution in [2.45, 2.75) is 39.2 Å². The molecule has 1 aliphatic carbocycles. The van der Waals surface area contributed by atoms with Gasteiger partial charge in [-0.05, 0) is 62.5 Å². The third-order valence-corrected chi connectivity index (χ3v) is 4.53. The van der Waals surface area contributed by atoms with Gasteiger partial charge in [-0.3, -0.25) is 0 Å². The summed E-state index contributed by atoms with van der Waals surface area (Å²) in [5, 5.41) is 0. The Morgan fingerprint density at radius 2 is 2.17 bits per heavy atom. The van der Waals surface area contributed by atoms with Gasteiger partial charge in [0, 0.05) is 6.04 Å². The first-order valence-electron chi connectivity index (χ1n) is 6.48. The average Bonchev–Trinajstić information content (AvgIpc) is 2.52. The van der Waals surface area contributed by atoms with Crippen LogP contribution in [0.2, 0.25) is 0 Å². The van der Waals surface area contributed by atoms with E-state index in [1.807, 2.05) is 6.07 Å². The molecule has 0 spiro atoms. The standard InChI is InChI=1S/C14H17FN2S/c1-8-6-13-12(7-11(8)15)16-14(18)17(13)9(2)10-4-3-5-10/h6-7,9-10H,3-5H2,1-2H3,(H,16,18). The van der Waals surface area contributed by atoms with Gasteiger partial charge in [-0.1, -0.05) is 6.42 Å². The number of nitrogens with one attached hydrogen (secondary N) is 1. The Morgan fingerprint density at radius 1 is 1.44 bits per heavy atom. The number of nitrogens with zero attached hydrogens (tertiary/aromatic N) is 1. The molecule has 18 heavy (non-hydrogen) atoms. The highest BCUT2D eigenvalue weighted by Crippen LogP contribution is 2.37. The van der Waals surface area contributed by atoms with E-state index in [-0.39, 0.29) is 5.82 Å². The van der Waals surface area contributed by atoms with Crippen molar-refractivity contribution in [1.29, 1.82) is 0 Å². The zero-order valence-corrected chi connectivity index (χ0v) is 11.5. The van der Waals surface area contributed by atoms with Crippen LogP contribution in [0.15, 0.2) is 12.1 Å². The van der Waals surface area contributed by atoms with Crippen LogP contribution in [0.1, 0.15) is 37.8 Å². The molecule has 1 aromatic carbocycles. The highest BCUT2D eigenvalue weighted by atomic mass is 32.1. The smallest absolute Gasteiger partial charge is 0.178 e. The van der Waals surface area contributed by atoms with Crippen LogP contribution in [-0.2, 0) is 0 Å². The zero-order chi connectivity index (χ0) is 12.9. The number of hydrogen-bond donors (Lipinski definition) is 1. The summed E-state index contributed by atoms with van der Waals surface area (Å²) in [6.45, 7) is 4.01. The third kappa shape index (κ3) is 1.70. The number of benzene rings is 1. The number of hydrogen-bond acceptors (Lipinski definition) is 1. The Bertz CT molecular complexity index is 652. The molecule has 1 heterocycles. The molecule has 1 aliphatic rings. The van der Waals surface area contributed by atoms with Gasteiger partial charge in [0.2, 0.25) is 0 Å². The fourth-order valence-corrected chi connectivity index (χ4v) is 3.16. The van der Waals surface area contributed by atoms with Crippen molar-refractivity contribution in [2.24, 2.45) is 5.92 Å². The van der Waals surface area contributed by atoms with Crippen molar-refractivity contribution in [3.63, 3.8) is 0 Å². The van der Waals surface area contributed by atoms with Gasteiger partial charge in [-0.2, -0.15) is 0 Å². The van der Waals surface area contributed by atoms with Crippen molar-refractivity contribution in [1.82, 2.24) is 9.55 Å². The molecule has 4 heteroatoms. The number of aromatic nitrogens is 2. The maximum atomic E-state index is 13.6. The highest BCUT2D eigenvalue weighted by Gasteiger charge is 2.26. The second-order valence-corrected chi connectivity index (χ2v) is 5.74. The molecule has 1 N–H and O–H groups in total. The molecular formula is C14H17FN2S. The van der Waals surface area contributed by atoms with Crippen LogP contribution in [0.5, 0.6) is 0 Å². The van der Waals surface area contributed by atoms with Crippen LogP contribution in [0, 0.1) is 23.4 Å². The van der Waals surface area contributed by atoms with E-state index in [0.717, 1.165) is 11.0 Å². The molecule has 0 amide bonds. The van der Waals surface area contributed by atoms with Gasteiger partial charge >= 0.3 is 0 Å². The summed E-state index contributed by atoms with van der Waals surface area (Å²) < 4.78 is 16.4. The number of aryl methyl sites for hydroxylation is 1. The largest absolute Gasteiger partial charge is 0.330 e. The van der Waals surface area contributed by atoms with Crippen molar-refractivity contribution in [3.8, 4) is 0 Å². The number of H-pyrrole nitrogens is 1. The fourth-order valence-electron chi connectivity index (χ4n) is 2.79. The molecule has 1 unspecified atom stereocenters. The van der Waals surface area contributed by atoms with E-state index in [1.165, 1.54) is 19.3 Å². The van der Waals surface area contributed by atoms with Crippen molar-refractivity contribution >= 4 is 23.3 Å². The molecule has 96 valence electrons. The average molecular weight is 264 g/mol. The number of rotatable bonds is 2. The first-order chi connectivity index (χ1) is 8.58. The Hall–Kier alpha value is -1.16. The van der Waals surface area contributed by atoms with Crippen molar-refractivity contribution in [2.75, 3.05) is 0 Å². The summed E-state index contributed by atoms with van der Waals surface area (Å²) in [5.74, 6) is 0.531. The molecular weight excluding hydrogens is 247 g/mol. The summed E-state index contributed by atoms with van der Waals surface area (Å²) in [4.78, 5) is 3.12. The Morgan fingerprint density at radius 3 is 2.78 bits per heavy atom. The lowest BCUT2D eigenvalue weighted by Crippen LogP contribution is -2.22. The monoisotopic (exact) mass is 264 g/mol. The molecule has 1 fully saturated rings. The van der Waals surface area contributed by atoms with Crippen LogP contribution in [0.3, 0.4) is 0 Å². The SMILES string of the molecule is Cc1cc2c(cc1F)[nH]c(=S)n2C(C)C1CCC1. The molecule has 0 bridgehead atoms. The van der Waals surface area contributed by atoms with Gasteiger partial charge in [0.1, 0.15) is 5.82 Å². The maximum absolute atomic E-state index is 13.6. The predicted octanol–water partition coefficient (Wildman–Crippen LogP) is 4.51. The lowest BCUT2D eigenvalue weighted by molar-refractivity contribution is 0.224. The topological polar surface area (TPSA) is 20.7 Å². The van der Waals surface area contributed by atoms with Gasteiger partial charge in [0.15, 0.2) is 4.77 Å². The number of fused-ring (bicyclic) bond motifs is 1. The summed E-state index contributed by atoms with van der Waals surface area (Å²) in [7, 11) is 0. The minimum absolute atomic E-state index is 0.179. The Kier molecular flexibility index (Phi) is 2.77. The van der Waals surface area contributed by atoms with E-state index in [1.54, 1.807) is 13.0 Å². The van der Waals surface area contributed by atoms with Gasteiger partial charge in [-0.25, -0.2) is 4.39 Å². The summed E-state index contributed by atoms with van der Waals surface area (Å²) in [5.41, 5.74) is 2.50. The summed E-state index contributed by atoms with van der Waals surface area (Å²) in [6.07, 6.45) is 3.87. The normalized spacial score (nSPS) is 17.9. The third-order valence-electron chi connectivity index (χ3n) is 4.24. The lowest BCUT2D eigenvalue weighted by atomic mass is 9.80. The zero-order valence-electron chi connectivity index (χ0n) is 10.7. The minimum atomic E-state index is -0.179.